The zero-order chi connectivity index (χ0) is 29.2. The molecule has 0 saturated heterocycles. The van der Waals surface area contributed by atoms with E-state index in [0.717, 1.165) is 16.7 Å². The number of rotatable bonds is 8. The van der Waals surface area contributed by atoms with Crippen LogP contribution < -0.4 is 10.0 Å². The second-order valence-corrected chi connectivity index (χ2v) is 11.4. The van der Waals surface area contributed by atoms with Gasteiger partial charge in [-0.05, 0) is 96.4 Å². The highest BCUT2D eigenvalue weighted by Gasteiger charge is 2.31. The molecule has 0 radical (unpaired) electrons. The average molecular weight is 567 g/mol. The Kier molecular flexibility index (Phi) is 7.52. The van der Waals surface area contributed by atoms with Gasteiger partial charge in [0.05, 0.1) is 5.30 Å². The Morgan fingerprint density at radius 1 is 0.634 bits per heavy atom. The summed E-state index contributed by atoms with van der Waals surface area (Å²) in [5.74, 6) is 1.15. The molecule has 0 bridgehead atoms. The summed E-state index contributed by atoms with van der Waals surface area (Å²) < 4.78 is 17.5. The van der Waals surface area contributed by atoms with Gasteiger partial charge in [-0.15, -0.1) is 0 Å². The Balaban J connectivity index is 1.41. The molecule has 0 fully saturated rings. The van der Waals surface area contributed by atoms with Crippen LogP contribution >= 0.6 is 7.60 Å². The van der Waals surface area contributed by atoms with Crippen molar-refractivity contribution >= 4 is 18.7 Å². The van der Waals surface area contributed by atoms with Crippen molar-refractivity contribution in [1.29, 1.82) is 0 Å². The highest BCUT2D eigenvalue weighted by molar-refractivity contribution is 7.60. The van der Waals surface area contributed by atoms with Gasteiger partial charge < -0.3 is 24.7 Å². The van der Waals surface area contributed by atoms with E-state index in [0.29, 0.717) is 22.6 Å². The molecule has 0 saturated carbocycles. The van der Waals surface area contributed by atoms with Crippen molar-refractivity contribution in [3.8, 4) is 23.0 Å². The topological polar surface area (TPSA) is 124 Å². The van der Waals surface area contributed by atoms with E-state index in [2.05, 4.69) is 6.92 Å². The van der Waals surface area contributed by atoms with E-state index < -0.39 is 13.0 Å². The minimum absolute atomic E-state index is 0.146. The van der Waals surface area contributed by atoms with Crippen molar-refractivity contribution in [3.05, 3.63) is 149 Å². The lowest BCUT2D eigenvalue weighted by molar-refractivity contribution is 0.103. The molecular weight excluding hydrogens is 539 g/mol. The molecule has 7 nitrogen and oxygen atoms in total. The predicted octanol–water partition coefficient (Wildman–Crippen LogP) is 6.28. The maximum atomic E-state index is 12.9. The molecule has 0 aliphatic rings. The summed E-state index contributed by atoms with van der Waals surface area (Å²) in [6.45, 7) is 2.07. The average Bonchev–Trinajstić information content (AvgIpc) is 2.97. The summed E-state index contributed by atoms with van der Waals surface area (Å²) in [6.07, 6.45) is 0. The monoisotopic (exact) mass is 566 g/mol. The van der Waals surface area contributed by atoms with Crippen LogP contribution in [-0.4, -0.2) is 25.8 Å². The van der Waals surface area contributed by atoms with Crippen LogP contribution in [0.2, 0.25) is 0 Å². The van der Waals surface area contributed by atoms with Gasteiger partial charge in [0.1, 0.15) is 23.0 Å². The molecular formula is C33H27O7P. The maximum absolute atomic E-state index is 12.9. The van der Waals surface area contributed by atoms with Gasteiger partial charge in [0.15, 0.2) is 5.78 Å². The lowest BCUT2D eigenvalue weighted by Crippen LogP contribution is -2.25. The second-order valence-electron chi connectivity index (χ2n) is 9.79. The fourth-order valence-electron chi connectivity index (χ4n) is 4.74. The molecule has 5 aromatic rings. The normalized spacial score (nSPS) is 11.7. The van der Waals surface area contributed by atoms with E-state index in [9.17, 15) is 29.4 Å². The Morgan fingerprint density at radius 2 is 1.12 bits per heavy atom. The second kappa shape index (κ2) is 11.1. The number of phenolic OH excluding ortho intramolecular Hbond substituents is 2. The fraction of sp³-hybridized carbons (Fsp3) is 0.0606. The number of benzene rings is 5. The minimum atomic E-state index is -4.38. The van der Waals surface area contributed by atoms with E-state index >= 15 is 0 Å². The number of aromatic hydroxyl groups is 2. The van der Waals surface area contributed by atoms with Crippen molar-refractivity contribution < 1.29 is 34.1 Å². The molecule has 5 rings (SSSR count). The number of carbonyl (C=O) groups is 1. The molecule has 41 heavy (non-hydrogen) atoms. The first-order chi connectivity index (χ1) is 19.5. The van der Waals surface area contributed by atoms with E-state index in [1.807, 2.05) is 48.5 Å². The van der Waals surface area contributed by atoms with Gasteiger partial charge in [-0.2, -0.15) is 0 Å². The molecule has 0 amide bonds. The number of phenols is 2. The highest BCUT2D eigenvalue weighted by Crippen LogP contribution is 2.41. The molecule has 0 atom stereocenters. The third-order valence-electron chi connectivity index (χ3n) is 7.12. The largest absolute Gasteiger partial charge is 0.508 e. The number of hydrogen-bond donors (Lipinski definition) is 4. The van der Waals surface area contributed by atoms with Gasteiger partial charge in [-0.3, -0.25) is 9.36 Å². The molecule has 8 heteroatoms. The highest BCUT2D eigenvalue weighted by atomic mass is 31.2. The van der Waals surface area contributed by atoms with Crippen LogP contribution in [0.5, 0.6) is 23.0 Å². The third kappa shape index (κ3) is 5.93. The summed E-state index contributed by atoms with van der Waals surface area (Å²) in [5.41, 5.74) is 2.89. The molecule has 0 unspecified atom stereocenters. The molecule has 0 aromatic heterocycles. The van der Waals surface area contributed by atoms with Crippen LogP contribution in [0.4, 0.5) is 0 Å². The molecule has 4 N–H and O–H groups in total. The van der Waals surface area contributed by atoms with Crippen molar-refractivity contribution in [2.45, 2.75) is 12.3 Å². The summed E-state index contributed by atoms with van der Waals surface area (Å²) in [6, 6.07) is 33.6. The van der Waals surface area contributed by atoms with Crippen LogP contribution in [0.3, 0.4) is 0 Å². The predicted molar refractivity (Wildman–Crippen MR) is 156 cm³/mol. The van der Waals surface area contributed by atoms with Crippen LogP contribution in [0, 0.1) is 0 Å². The zero-order valence-electron chi connectivity index (χ0n) is 22.0. The summed E-state index contributed by atoms with van der Waals surface area (Å²) in [7, 11) is -4.38. The van der Waals surface area contributed by atoms with Crippen LogP contribution in [0.15, 0.2) is 121 Å². The molecule has 0 spiro atoms. The Morgan fingerprint density at radius 3 is 1.61 bits per heavy atom. The van der Waals surface area contributed by atoms with Gasteiger partial charge in [0.25, 0.3) is 0 Å². The molecule has 206 valence electrons. The van der Waals surface area contributed by atoms with Gasteiger partial charge >= 0.3 is 7.60 Å². The van der Waals surface area contributed by atoms with Crippen LogP contribution in [0.25, 0.3) is 0 Å². The Labute approximate surface area is 237 Å². The van der Waals surface area contributed by atoms with Gasteiger partial charge in [-0.25, -0.2) is 0 Å². The van der Waals surface area contributed by atoms with Gasteiger partial charge in [0, 0.05) is 16.5 Å². The van der Waals surface area contributed by atoms with Gasteiger partial charge in [0.2, 0.25) is 0 Å². The summed E-state index contributed by atoms with van der Waals surface area (Å²) >= 11 is 0. The van der Waals surface area contributed by atoms with Crippen LogP contribution in [-0.2, 0) is 9.98 Å². The smallest absolute Gasteiger partial charge is 0.356 e. The number of hydrogen-bond acceptors (Lipinski definition) is 5. The number of ether oxygens (including phenoxy) is 1. The van der Waals surface area contributed by atoms with E-state index in [1.54, 1.807) is 48.5 Å². The number of carbonyl (C=O) groups excluding carboxylic acids is 1. The van der Waals surface area contributed by atoms with E-state index in [1.165, 1.54) is 24.3 Å². The molecule has 0 heterocycles. The SMILES string of the molecule is CC(c1ccc(O)cc1)(c1ccc(O)cc1)c1cccc(Oc2ccc(C(=O)c3ccc(P(=O)(O)O)cc3)cc2)c1. The Bertz CT molecular complexity index is 1680. The lowest BCUT2D eigenvalue weighted by atomic mass is 9.71. The zero-order valence-corrected chi connectivity index (χ0v) is 22.9. The first-order valence-electron chi connectivity index (χ1n) is 12.7. The number of ketones is 1. The lowest BCUT2D eigenvalue weighted by Gasteiger charge is -2.32. The summed E-state index contributed by atoms with van der Waals surface area (Å²) in [5, 5.41) is 19.6. The first kappa shape index (κ1) is 27.9. The molecule has 0 aliphatic carbocycles. The van der Waals surface area contributed by atoms with Crippen LogP contribution in [0.1, 0.15) is 39.5 Å². The minimum Gasteiger partial charge on any atom is -0.508 e. The quantitative estimate of drug-likeness (QED) is 0.0990. The first-order valence-corrected chi connectivity index (χ1v) is 14.3. The van der Waals surface area contributed by atoms with E-state index in [-0.39, 0.29) is 22.6 Å². The van der Waals surface area contributed by atoms with Gasteiger partial charge in [-0.1, -0.05) is 48.5 Å². The van der Waals surface area contributed by atoms with Crippen molar-refractivity contribution in [3.63, 3.8) is 0 Å². The van der Waals surface area contributed by atoms with E-state index in [4.69, 9.17) is 4.74 Å². The molecule has 0 aliphatic heterocycles. The standard InChI is InChI=1S/C33H27O7P/c1-33(24-9-13-27(34)14-10-24,25-11-15-28(35)16-12-25)26-3-2-4-30(21-26)40-29-17-5-22(6-18-29)32(36)23-7-19-31(20-8-23)41(37,38)39/h2-21,34-35H,1H3,(H2,37,38,39). The Hall–Kier alpha value is -4.68. The van der Waals surface area contributed by atoms with Crippen molar-refractivity contribution in [1.82, 2.24) is 0 Å². The maximum Gasteiger partial charge on any atom is 0.356 e. The third-order valence-corrected chi connectivity index (χ3v) is 8.09. The van der Waals surface area contributed by atoms with Crippen molar-refractivity contribution in [2.75, 3.05) is 0 Å². The molecule has 5 aromatic carbocycles. The van der Waals surface area contributed by atoms with Crippen molar-refractivity contribution in [2.24, 2.45) is 0 Å². The fourth-order valence-corrected chi connectivity index (χ4v) is 5.28. The summed E-state index contributed by atoms with van der Waals surface area (Å²) in [4.78, 5) is 31.4.